The number of nitrogens with zero attached hydrogens (tertiary/aromatic N) is 1. The van der Waals surface area contributed by atoms with Crippen LogP contribution in [0.1, 0.15) is 36.0 Å². The molecule has 1 saturated carbocycles. The van der Waals surface area contributed by atoms with Crippen molar-refractivity contribution < 1.29 is 4.79 Å². The summed E-state index contributed by atoms with van der Waals surface area (Å²) >= 11 is 0. The zero-order chi connectivity index (χ0) is 14.7. The Balaban J connectivity index is 1.84. The molecule has 1 aromatic heterocycles. The first-order valence-corrected chi connectivity index (χ1v) is 7.64. The van der Waals surface area contributed by atoms with Crippen LogP contribution in [0.15, 0.2) is 36.5 Å². The third kappa shape index (κ3) is 2.90. The normalized spacial score (nSPS) is 22.1. The highest BCUT2D eigenvalue weighted by Crippen LogP contribution is 2.24. The summed E-state index contributed by atoms with van der Waals surface area (Å²) in [7, 11) is 0. The van der Waals surface area contributed by atoms with Crippen molar-refractivity contribution in [3.05, 3.63) is 42.1 Å². The van der Waals surface area contributed by atoms with Crippen LogP contribution in [-0.4, -0.2) is 23.5 Å². The quantitative estimate of drug-likeness (QED) is 0.909. The Hall–Kier alpha value is -1.94. The molecule has 0 radical (unpaired) electrons. The molecule has 1 aromatic carbocycles. The molecule has 3 rings (SSSR count). The highest BCUT2D eigenvalue weighted by atomic mass is 16.1. The molecule has 0 saturated heterocycles. The van der Waals surface area contributed by atoms with E-state index in [1.807, 2.05) is 30.3 Å². The van der Waals surface area contributed by atoms with Gasteiger partial charge in [0.25, 0.3) is 5.91 Å². The number of hydrogen-bond donors (Lipinski definition) is 2. The average Bonchev–Trinajstić information content (AvgIpc) is 2.54. The molecular weight excluding hydrogens is 262 g/mol. The summed E-state index contributed by atoms with van der Waals surface area (Å²) in [6.07, 6.45) is 6.22. The van der Waals surface area contributed by atoms with Gasteiger partial charge in [0.05, 0.1) is 11.1 Å². The van der Waals surface area contributed by atoms with Gasteiger partial charge in [0, 0.05) is 17.6 Å². The summed E-state index contributed by atoms with van der Waals surface area (Å²) < 4.78 is 0. The minimum Gasteiger partial charge on any atom is -0.349 e. The van der Waals surface area contributed by atoms with Crippen LogP contribution in [-0.2, 0) is 0 Å². The summed E-state index contributed by atoms with van der Waals surface area (Å²) in [5.41, 5.74) is 7.24. The van der Waals surface area contributed by atoms with Crippen molar-refractivity contribution in [2.24, 2.45) is 11.7 Å². The molecule has 4 heteroatoms. The van der Waals surface area contributed by atoms with E-state index in [4.69, 9.17) is 5.73 Å². The fourth-order valence-corrected chi connectivity index (χ4v) is 3.21. The molecule has 1 fully saturated rings. The van der Waals surface area contributed by atoms with E-state index in [1.54, 1.807) is 6.20 Å². The lowest BCUT2D eigenvalue weighted by molar-refractivity contribution is 0.0909. The lowest BCUT2D eigenvalue weighted by atomic mass is 9.84. The lowest BCUT2D eigenvalue weighted by Gasteiger charge is -2.31. The van der Waals surface area contributed by atoms with Crippen molar-refractivity contribution >= 4 is 16.8 Å². The van der Waals surface area contributed by atoms with Crippen LogP contribution in [0, 0.1) is 5.92 Å². The second-order valence-corrected chi connectivity index (χ2v) is 5.74. The van der Waals surface area contributed by atoms with Gasteiger partial charge in [-0.2, -0.15) is 0 Å². The van der Waals surface area contributed by atoms with E-state index in [0.29, 0.717) is 18.0 Å². The van der Waals surface area contributed by atoms with Crippen LogP contribution < -0.4 is 11.1 Å². The number of amides is 1. The summed E-state index contributed by atoms with van der Waals surface area (Å²) in [4.78, 5) is 16.9. The van der Waals surface area contributed by atoms with E-state index in [-0.39, 0.29) is 11.9 Å². The number of aromatic nitrogens is 1. The fourth-order valence-electron chi connectivity index (χ4n) is 3.21. The monoisotopic (exact) mass is 283 g/mol. The van der Waals surface area contributed by atoms with E-state index in [1.165, 1.54) is 6.42 Å². The molecule has 3 N–H and O–H groups in total. The van der Waals surface area contributed by atoms with E-state index >= 15 is 0 Å². The fraction of sp³-hybridized carbons (Fsp3) is 0.412. The van der Waals surface area contributed by atoms with Gasteiger partial charge in [-0.05, 0) is 37.4 Å². The van der Waals surface area contributed by atoms with Crippen molar-refractivity contribution in [2.75, 3.05) is 6.54 Å². The maximum Gasteiger partial charge on any atom is 0.253 e. The van der Waals surface area contributed by atoms with E-state index in [9.17, 15) is 4.79 Å². The maximum atomic E-state index is 12.6. The van der Waals surface area contributed by atoms with Gasteiger partial charge in [0.1, 0.15) is 0 Å². The van der Waals surface area contributed by atoms with Gasteiger partial charge in [0.2, 0.25) is 0 Å². The van der Waals surface area contributed by atoms with Crippen LogP contribution in [0.3, 0.4) is 0 Å². The predicted molar refractivity (Wildman–Crippen MR) is 84.0 cm³/mol. The van der Waals surface area contributed by atoms with E-state index in [0.717, 1.165) is 30.2 Å². The van der Waals surface area contributed by atoms with Crippen LogP contribution in [0.4, 0.5) is 0 Å². The van der Waals surface area contributed by atoms with Gasteiger partial charge in [-0.1, -0.05) is 31.0 Å². The van der Waals surface area contributed by atoms with Crippen LogP contribution in [0.5, 0.6) is 0 Å². The number of carbonyl (C=O) groups is 1. The number of rotatable bonds is 3. The Labute approximate surface area is 124 Å². The van der Waals surface area contributed by atoms with Crippen molar-refractivity contribution in [2.45, 2.75) is 31.7 Å². The van der Waals surface area contributed by atoms with E-state index in [2.05, 4.69) is 10.3 Å². The zero-order valence-corrected chi connectivity index (χ0v) is 12.1. The Morgan fingerprint density at radius 3 is 2.90 bits per heavy atom. The molecule has 21 heavy (non-hydrogen) atoms. The maximum absolute atomic E-state index is 12.6. The molecule has 1 aliphatic rings. The predicted octanol–water partition coefficient (Wildman–Crippen LogP) is 2.48. The number of carbonyl (C=O) groups excluding carboxylic acids is 1. The zero-order valence-electron chi connectivity index (χ0n) is 12.1. The van der Waals surface area contributed by atoms with Crippen LogP contribution in [0.25, 0.3) is 10.9 Å². The minimum absolute atomic E-state index is 0.0374. The average molecular weight is 283 g/mol. The van der Waals surface area contributed by atoms with Gasteiger partial charge < -0.3 is 11.1 Å². The first kappa shape index (κ1) is 14.0. The number of nitrogens with one attached hydrogen (secondary N) is 1. The van der Waals surface area contributed by atoms with E-state index < -0.39 is 0 Å². The first-order valence-electron chi connectivity index (χ1n) is 7.64. The lowest BCUT2D eigenvalue weighted by Crippen LogP contribution is -2.44. The van der Waals surface area contributed by atoms with Gasteiger partial charge in [-0.25, -0.2) is 0 Å². The second-order valence-electron chi connectivity index (χ2n) is 5.74. The Morgan fingerprint density at radius 1 is 1.24 bits per heavy atom. The molecule has 110 valence electrons. The Morgan fingerprint density at radius 2 is 2.05 bits per heavy atom. The Bertz CT molecular complexity index is 635. The summed E-state index contributed by atoms with van der Waals surface area (Å²) in [5, 5.41) is 4.16. The molecule has 2 atom stereocenters. The standard InChI is InChI=1S/C17H21N3O/c18-11-13-5-1-2-9-15(13)20-17(21)14-8-3-6-12-7-4-10-19-16(12)14/h3-4,6-8,10,13,15H,1-2,5,9,11,18H2,(H,20,21). The number of nitrogens with two attached hydrogens (primary N) is 1. The second kappa shape index (κ2) is 6.22. The first-order chi connectivity index (χ1) is 10.3. The van der Waals surface area contributed by atoms with Crippen molar-refractivity contribution in [1.29, 1.82) is 0 Å². The largest absolute Gasteiger partial charge is 0.349 e. The van der Waals surface area contributed by atoms with Gasteiger partial charge >= 0.3 is 0 Å². The number of pyridine rings is 1. The number of fused-ring (bicyclic) bond motifs is 1. The van der Waals surface area contributed by atoms with Crippen LogP contribution >= 0.6 is 0 Å². The summed E-state index contributed by atoms with van der Waals surface area (Å²) in [6, 6.07) is 9.76. The molecule has 0 spiro atoms. The van der Waals surface area contributed by atoms with Gasteiger partial charge in [0.15, 0.2) is 0 Å². The SMILES string of the molecule is NCC1CCCCC1NC(=O)c1cccc2cccnc12. The topological polar surface area (TPSA) is 68.0 Å². The van der Waals surface area contributed by atoms with Crippen molar-refractivity contribution in [3.8, 4) is 0 Å². The third-order valence-corrected chi connectivity index (χ3v) is 4.41. The molecule has 2 aromatic rings. The number of para-hydroxylation sites is 1. The number of benzene rings is 1. The molecule has 1 aliphatic carbocycles. The smallest absolute Gasteiger partial charge is 0.253 e. The van der Waals surface area contributed by atoms with Crippen molar-refractivity contribution in [3.63, 3.8) is 0 Å². The Kier molecular flexibility index (Phi) is 4.15. The molecule has 1 heterocycles. The molecule has 2 unspecified atom stereocenters. The third-order valence-electron chi connectivity index (χ3n) is 4.41. The minimum atomic E-state index is -0.0374. The summed E-state index contributed by atoms with van der Waals surface area (Å²) in [6.45, 7) is 0.638. The molecule has 4 nitrogen and oxygen atoms in total. The molecular formula is C17H21N3O. The molecule has 0 bridgehead atoms. The highest BCUT2D eigenvalue weighted by Gasteiger charge is 2.26. The van der Waals surface area contributed by atoms with Gasteiger partial charge in [-0.3, -0.25) is 9.78 Å². The number of hydrogen-bond acceptors (Lipinski definition) is 3. The molecule has 0 aliphatic heterocycles. The highest BCUT2D eigenvalue weighted by molar-refractivity contribution is 6.05. The molecule has 1 amide bonds. The van der Waals surface area contributed by atoms with Crippen LogP contribution in [0.2, 0.25) is 0 Å². The van der Waals surface area contributed by atoms with Crippen molar-refractivity contribution in [1.82, 2.24) is 10.3 Å². The summed E-state index contributed by atoms with van der Waals surface area (Å²) in [5.74, 6) is 0.357. The van der Waals surface area contributed by atoms with Gasteiger partial charge in [-0.15, -0.1) is 0 Å².